The molecule has 1 heterocycles. The molecule has 172 valence electrons. The van der Waals surface area contributed by atoms with Crippen molar-refractivity contribution in [1.82, 2.24) is 14.5 Å². The molecule has 1 fully saturated rings. The molecular formula is C23H28FN3O4S. The smallest absolute Gasteiger partial charge is 0.254 e. The molecule has 2 aromatic rings. The summed E-state index contributed by atoms with van der Waals surface area (Å²) in [6.07, 6.45) is 0. The van der Waals surface area contributed by atoms with E-state index in [4.69, 9.17) is 0 Å². The number of carbonyl (C=O) groups excluding carboxylic acids is 2. The Bertz CT molecular complexity index is 1050. The van der Waals surface area contributed by atoms with Crippen LogP contribution in [0.25, 0.3) is 0 Å². The molecule has 2 aromatic carbocycles. The largest absolute Gasteiger partial charge is 0.340 e. The van der Waals surface area contributed by atoms with Gasteiger partial charge in [0.15, 0.2) is 0 Å². The van der Waals surface area contributed by atoms with Gasteiger partial charge in [-0.3, -0.25) is 9.59 Å². The maximum absolute atomic E-state index is 13.9. The molecule has 0 aliphatic carbocycles. The Morgan fingerprint density at radius 3 is 2.16 bits per heavy atom. The van der Waals surface area contributed by atoms with Crippen LogP contribution in [0, 0.1) is 11.7 Å². The first-order valence-corrected chi connectivity index (χ1v) is 12.2. The zero-order valence-electron chi connectivity index (χ0n) is 18.2. The van der Waals surface area contributed by atoms with Gasteiger partial charge in [0.05, 0.1) is 11.3 Å². The number of nitrogens with one attached hydrogen (secondary N) is 1. The van der Waals surface area contributed by atoms with Gasteiger partial charge >= 0.3 is 0 Å². The normalized spacial score (nSPS) is 16.1. The molecule has 1 saturated heterocycles. The first kappa shape index (κ1) is 23.9. The fourth-order valence-electron chi connectivity index (χ4n) is 3.64. The SMILES string of the molecule is CC(C)[C@H](NC(=O)c1ccccc1F)C(=O)N1CCN(S(=O)(=O)Cc2ccccc2)CC1. The average Bonchev–Trinajstić information content (AvgIpc) is 2.77. The Hall–Kier alpha value is -2.78. The molecule has 0 spiro atoms. The number of carbonyl (C=O) groups is 2. The van der Waals surface area contributed by atoms with Crippen molar-refractivity contribution in [2.24, 2.45) is 5.92 Å². The third-order valence-corrected chi connectivity index (χ3v) is 7.32. The van der Waals surface area contributed by atoms with Crippen molar-refractivity contribution in [1.29, 1.82) is 0 Å². The Morgan fingerprint density at radius 1 is 0.969 bits per heavy atom. The molecule has 7 nitrogen and oxygen atoms in total. The van der Waals surface area contributed by atoms with Crippen molar-refractivity contribution in [2.75, 3.05) is 26.2 Å². The van der Waals surface area contributed by atoms with E-state index in [1.165, 1.54) is 22.5 Å². The first-order chi connectivity index (χ1) is 15.2. The van der Waals surface area contributed by atoms with E-state index < -0.39 is 27.8 Å². The molecule has 3 rings (SSSR count). The van der Waals surface area contributed by atoms with Crippen LogP contribution in [0.5, 0.6) is 0 Å². The minimum Gasteiger partial charge on any atom is -0.340 e. The number of sulfonamides is 1. The summed E-state index contributed by atoms with van der Waals surface area (Å²) in [5.41, 5.74) is 0.588. The second kappa shape index (κ2) is 10.2. The zero-order valence-corrected chi connectivity index (χ0v) is 19.0. The van der Waals surface area contributed by atoms with Crippen molar-refractivity contribution in [3.05, 3.63) is 71.5 Å². The number of benzene rings is 2. The molecule has 1 aliphatic rings. The second-order valence-corrected chi connectivity index (χ2v) is 10.1. The van der Waals surface area contributed by atoms with Gasteiger partial charge in [-0.2, -0.15) is 4.31 Å². The Morgan fingerprint density at radius 2 is 1.56 bits per heavy atom. The molecular weight excluding hydrogens is 433 g/mol. The Kier molecular flexibility index (Phi) is 7.63. The third kappa shape index (κ3) is 5.72. The van der Waals surface area contributed by atoms with E-state index in [0.717, 1.165) is 0 Å². The van der Waals surface area contributed by atoms with Gasteiger partial charge in [0.2, 0.25) is 15.9 Å². The molecule has 0 radical (unpaired) electrons. The topological polar surface area (TPSA) is 86.8 Å². The fourth-order valence-corrected chi connectivity index (χ4v) is 5.15. The van der Waals surface area contributed by atoms with Crippen LogP contribution < -0.4 is 5.32 Å². The number of piperazine rings is 1. The average molecular weight is 462 g/mol. The van der Waals surface area contributed by atoms with Crippen molar-refractivity contribution in [2.45, 2.75) is 25.6 Å². The predicted molar refractivity (Wildman–Crippen MR) is 120 cm³/mol. The van der Waals surface area contributed by atoms with Crippen molar-refractivity contribution < 1.29 is 22.4 Å². The summed E-state index contributed by atoms with van der Waals surface area (Å²) in [6.45, 7) is 4.42. The van der Waals surface area contributed by atoms with E-state index >= 15 is 0 Å². The van der Waals surface area contributed by atoms with Crippen molar-refractivity contribution in [3.63, 3.8) is 0 Å². The molecule has 1 atom stereocenters. The molecule has 0 bridgehead atoms. The highest BCUT2D eigenvalue weighted by Crippen LogP contribution is 2.16. The number of halogens is 1. The molecule has 9 heteroatoms. The van der Waals surface area contributed by atoms with Gasteiger partial charge in [-0.25, -0.2) is 12.8 Å². The molecule has 1 aliphatic heterocycles. The van der Waals surface area contributed by atoms with Crippen LogP contribution in [-0.2, 0) is 20.6 Å². The lowest BCUT2D eigenvalue weighted by Crippen LogP contribution is -2.57. The highest BCUT2D eigenvalue weighted by atomic mass is 32.2. The van der Waals surface area contributed by atoms with E-state index in [-0.39, 0.29) is 49.3 Å². The van der Waals surface area contributed by atoms with Crippen LogP contribution in [0.2, 0.25) is 0 Å². The van der Waals surface area contributed by atoms with Crippen LogP contribution in [0.15, 0.2) is 54.6 Å². The summed E-state index contributed by atoms with van der Waals surface area (Å²) < 4.78 is 40.8. The summed E-state index contributed by atoms with van der Waals surface area (Å²) in [4.78, 5) is 27.2. The maximum atomic E-state index is 13.9. The highest BCUT2D eigenvalue weighted by Gasteiger charge is 2.34. The number of hydrogen-bond donors (Lipinski definition) is 1. The van der Waals surface area contributed by atoms with E-state index in [1.54, 1.807) is 49.1 Å². The molecule has 0 saturated carbocycles. The van der Waals surface area contributed by atoms with Crippen molar-refractivity contribution in [3.8, 4) is 0 Å². The highest BCUT2D eigenvalue weighted by molar-refractivity contribution is 7.88. The van der Waals surface area contributed by atoms with Gasteiger partial charge in [0, 0.05) is 26.2 Å². The van der Waals surface area contributed by atoms with Gasteiger partial charge < -0.3 is 10.2 Å². The minimum atomic E-state index is -3.50. The maximum Gasteiger partial charge on any atom is 0.254 e. The molecule has 0 unspecified atom stereocenters. The number of rotatable bonds is 7. The summed E-state index contributed by atoms with van der Waals surface area (Å²) in [6, 6.07) is 13.7. The number of amides is 2. The second-order valence-electron chi connectivity index (χ2n) is 8.14. The predicted octanol–water partition coefficient (Wildman–Crippen LogP) is 2.25. The lowest BCUT2D eigenvalue weighted by atomic mass is 10.0. The lowest BCUT2D eigenvalue weighted by Gasteiger charge is -2.36. The van der Waals surface area contributed by atoms with E-state index in [1.807, 2.05) is 6.07 Å². The summed E-state index contributed by atoms with van der Waals surface area (Å²) >= 11 is 0. The molecule has 0 aromatic heterocycles. The fraction of sp³-hybridized carbons (Fsp3) is 0.391. The quantitative estimate of drug-likeness (QED) is 0.685. The van der Waals surface area contributed by atoms with Crippen LogP contribution in [-0.4, -0.2) is 61.7 Å². The van der Waals surface area contributed by atoms with Gasteiger partial charge in [0.25, 0.3) is 5.91 Å². The van der Waals surface area contributed by atoms with Crippen LogP contribution in [0.1, 0.15) is 29.8 Å². The van der Waals surface area contributed by atoms with E-state index in [9.17, 15) is 22.4 Å². The van der Waals surface area contributed by atoms with E-state index in [0.29, 0.717) is 5.56 Å². The van der Waals surface area contributed by atoms with Gasteiger partial charge in [-0.1, -0.05) is 56.3 Å². The van der Waals surface area contributed by atoms with Gasteiger partial charge in [-0.05, 0) is 23.6 Å². The van der Waals surface area contributed by atoms with Gasteiger partial charge in [-0.15, -0.1) is 0 Å². The van der Waals surface area contributed by atoms with E-state index in [2.05, 4.69) is 5.32 Å². The monoisotopic (exact) mass is 461 g/mol. The Balaban J connectivity index is 1.62. The van der Waals surface area contributed by atoms with Gasteiger partial charge in [0.1, 0.15) is 11.9 Å². The summed E-state index contributed by atoms with van der Waals surface area (Å²) in [5.74, 6) is -1.92. The first-order valence-electron chi connectivity index (χ1n) is 10.5. The minimum absolute atomic E-state index is 0.0882. The summed E-state index contributed by atoms with van der Waals surface area (Å²) in [5, 5.41) is 2.64. The summed E-state index contributed by atoms with van der Waals surface area (Å²) in [7, 11) is -3.50. The van der Waals surface area contributed by atoms with Crippen LogP contribution in [0.4, 0.5) is 4.39 Å². The Labute approximate surface area is 188 Å². The molecule has 1 N–H and O–H groups in total. The third-order valence-electron chi connectivity index (χ3n) is 5.47. The van der Waals surface area contributed by atoms with Crippen LogP contribution >= 0.6 is 0 Å². The van der Waals surface area contributed by atoms with Crippen molar-refractivity contribution >= 4 is 21.8 Å². The molecule has 32 heavy (non-hydrogen) atoms. The standard InChI is InChI=1S/C23H28FN3O4S/c1-17(2)21(25-22(28)19-10-6-7-11-20(19)24)23(29)26-12-14-27(15-13-26)32(30,31)16-18-8-4-3-5-9-18/h3-11,17,21H,12-16H2,1-2H3,(H,25,28)/t21-/m0/s1. The zero-order chi connectivity index (χ0) is 23.3. The van der Waals surface area contributed by atoms with Crippen LogP contribution in [0.3, 0.4) is 0 Å². The lowest BCUT2D eigenvalue weighted by molar-refractivity contribution is -0.135. The molecule has 2 amide bonds. The number of nitrogens with zero attached hydrogens (tertiary/aromatic N) is 2. The number of hydrogen-bond acceptors (Lipinski definition) is 4.